The van der Waals surface area contributed by atoms with Gasteiger partial charge in [0.05, 0.1) is 0 Å². The topological polar surface area (TPSA) is 25.8 Å². The molecule has 3 heterocycles. The molecule has 0 radical (unpaired) electrons. The molecule has 0 bridgehead atoms. The molecule has 1 aliphatic heterocycles. The molecule has 2 nitrogen and oxygen atoms in total. The second kappa shape index (κ2) is 3.89. The van der Waals surface area contributed by atoms with Crippen molar-refractivity contribution < 1.29 is 0 Å². The van der Waals surface area contributed by atoms with Crippen molar-refractivity contribution in [2.75, 3.05) is 0 Å². The van der Waals surface area contributed by atoms with Crippen LogP contribution in [0.3, 0.4) is 0 Å². The predicted molar refractivity (Wildman–Crippen MR) is 67.6 cm³/mol. The Bertz CT molecular complexity index is 491. The normalized spacial score (nSPS) is 13.9. The number of pyridine rings is 2. The average Bonchev–Trinajstić information content (AvgIpc) is 2.63. The summed E-state index contributed by atoms with van der Waals surface area (Å²) in [6.07, 6.45) is 3.85. The Morgan fingerprint density at radius 1 is 0.938 bits per heavy atom. The molecule has 3 heteroatoms. The Morgan fingerprint density at radius 3 is 1.88 bits per heavy atom. The molecule has 0 amide bonds. The first-order valence-corrected chi connectivity index (χ1v) is 11.0. The third-order valence-corrected chi connectivity index (χ3v) is 13.2. The van der Waals surface area contributed by atoms with Gasteiger partial charge in [0.25, 0.3) is 0 Å². The van der Waals surface area contributed by atoms with E-state index in [9.17, 15) is 0 Å². The molecule has 3 rings (SSSR count). The molecule has 0 N–H and O–H groups in total. The van der Waals surface area contributed by atoms with E-state index in [0.29, 0.717) is 0 Å². The van der Waals surface area contributed by atoms with Crippen LogP contribution >= 0.6 is 0 Å². The van der Waals surface area contributed by atoms with E-state index in [4.69, 9.17) is 0 Å². The molecule has 0 aromatic carbocycles. The third kappa shape index (κ3) is 1.42. The van der Waals surface area contributed by atoms with Gasteiger partial charge < -0.3 is 0 Å². The SMILES string of the molecule is C[CH](C)[Bi]1[c]2ncccc2-c2cccn[c]21. The summed E-state index contributed by atoms with van der Waals surface area (Å²) in [6, 6.07) is 8.45. The Labute approximate surface area is 103 Å². The van der Waals surface area contributed by atoms with Gasteiger partial charge in [0.1, 0.15) is 0 Å². The molecule has 1 aliphatic rings. The summed E-state index contributed by atoms with van der Waals surface area (Å²) in [5, 5.41) is 0. The fourth-order valence-corrected chi connectivity index (χ4v) is 11.8. The second-order valence-electron chi connectivity index (χ2n) is 4.21. The van der Waals surface area contributed by atoms with E-state index >= 15 is 0 Å². The van der Waals surface area contributed by atoms with E-state index < -0.39 is 21.8 Å². The zero-order valence-corrected chi connectivity index (χ0v) is 12.9. The predicted octanol–water partition coefficient (Wildman–Crippen LogP) is 1.48. The first-order chi connectivity index (χ1) is 7.79. The Balaban J connectivity index is 2.30. The fourth-order valence-electron chi connectivity index (χ4n) is 2.19. The van der Waals surface area contributed by atoms with Crippen molar-refractivity contribution in [2.45, 2.75) is 17.5 Å². The molecule has 16 heavy (non-hydrogen) atoms. The van der Waals surface area contributed by atoms with E-state index in [1.54, 1.807) is 0 Å². The van der Waals surface area contributed by atoms with E-state index in [-0.39, 0.29) is 0 Å². The summed E-state index contributed by atoms with van der Waals surface area (Å²) in [6.45, 7) is 4.64. The van der Waals surface area contributed by atoms with Crippen molar-refractivity contribution in [2.24, 2.45) is 0 Å². The van der Waals surface area contributed by atoms with Crippen LogP contribution in [-0.2, 0) is 0 Å². The van der Waals surface area contributed by atoms with Crippen LogP contribution < -0.4 is 6.80 Å². The van der Waals surface area contributed by atoms with E-state index in [0.717, 1.165) is 3.63 Å². The molecular formula is C13H13BiN2. The molecule has 0 saturated heterocycles. The molecule has 0 atom stereocenters. The van der Waals surface area contributed by atoms with Gasteiger partial charge in [-0.1, -0.05) is 0 Å². The zero-order valence-electron chi connectivity index (χ0n) is 9.38. The van der Waals surface area contributed by atoms with Gasteiger partial charge in [-0.05, 0) is 0 Å². The van der Waals surface area contributed by atoms with Crippen LogP contribution in [0.25, 0.3) is 11.1 Å². The zero-order chi connectivity index (χ0) is 11.1. The minimum absolute atomic E-state index is 0.736. The molecule has 2 aromatic heterocycles. The second-order valence-corrected chi connectivity index (χ2v) is 14.4. The molecule has 80 valence electrons. The van der Waals surface area contributed by atoms with Crippen molar-refractivity contribution in [1.82, 2.24) is 9.97 Å². The maximum absolute atomic E-state index is 4.63. The van der Waals surface area contributed by atoms with Crippen LogP contribution in [0.4, 0.5) is 0 Å². The van der Waals surface area contributed by atoms with Crippen LogP contribution in [-0.4, -0.2) is 31.7 Å². The quantitative estimate of drug-likeness (QED) is 0.671. The monoisotopic (exact) mass is 406 g/mol. The number of hydrogen-bond donors (Lipinski definition) is 0. The summed E-state index contributed by atoms with van der Waals surface area (Å²) in [4.78, 5) is 9.25. The van der Waals surface area contributed by atoms with Crippen molar-refractivity contribution >= 4 is 28.6 Å². The summed E-state index contributed by atoms with van der Waals surface area (Å²) >= 11 is -1.88. The van der Waals surface area contributed by atoms with Gasteiger partial charge in [0.15, 0.2) is 0 Å². The molecule has 0 saturated carbocycles. The summed E-state index contributed by atoms with van der Waals surface area (Å²) < 4.78 is 3.52. The fraction of sp³-hybridized carbons (Fsp3) is 0.231. The molecule has 0 unspecified atom stereocenters. The molecular weight excluding hydrogens is 393 g/mol. The van der Waals surface area contributed by atoms with Gasteiger partial charge >= 0.3 is 104 Å². The average molecular weight is 406 g/mol. The molecule has 0 fully saturated rings. The van der Waals surface area contributed by atoms with Gasteiger partial charge in [-0.25, -0.2) is 0 Å². The van der Waals surface area contributed by atoms with Crippen molar-refractivity contribution in [3.8, 4) is 11.1 Å². The number of aromatic nitrogens is 2. The van der Waals surface area contributed by atoms with Crippen LogP contribution in [0.1, 0.15) is 13.8 Å². The Morgan fingerprint density at radius 2 is 1.44 bits per heavy atom. The van der Waals surface area contributed by atoms with E-state index in [1.165, 1.54) is 17.9 Å². The van der Waals surface area contributed by atoms with Gasteiger partial charge in [0, 0.05) is 0 Å². The van der Waals surface area contributed by atoms with Crippen LogP contribution in [0, 0.1) is 0 Å². The maximum atomic E-state index is 4.63. The van der Waals surface area contributed by atoms with Crippen molar-refractivity contribution in [1.29, 1.82) is 0 Å². The molecule has 0 spiro atoms. The van der Waals surface area contributed by atoms with Gasteiger partial charge in [0.2, 0.25) is 0 Å². The standard InChI is InChI=1S/C10H6N2.C3H7.Bi/c1-3-9(7-11-5-1)10-4-2-6-12-8-10;1-3-2;/h1-6H;3H,1-2H3;. The summed E-state index contributed by atoms with van der Waals surface area (Å²) in [5.74, 6) is 0. The number of fused-ring (bicyclic) bond motifs is 3. The van der Waals surface area contributed by atoms with E-state index in [1.807, 2.05) is 24.5 Å². The van der Waals surface area contributed by atoms with Crippen LogP contribution in [0.2, 0.25) is 3.63 Å². The Kier molecular flexibility index (Phi) is 2.51. The summed E-state index contributed by atoms with van der Waals surface area (Å²) in [7, 11) is 0. The van der Waals surface area contributed by atoms with Gasteiger partial charge in [-0.2, -0.15) is 0 Å². The van der Waals surface area contributed by atoms with E-state index in [2.05, 4.69) is 35.9 Å². The summed E-state index contributed by atoms with van der Waals surface area (Å²) in [5.41, 5.74) is 2.69. The number of hydrogen-bond acceptors (Lipinski definition) is 2. The first kappa shape index (κ1) is 10.3. The first-order valence-electron chi connectivity index (χ1n) is 5.48. The number of rotatable bonds is 1. The third-order valence-electron chi connectivity index (χ3n) is 2.84. The number of nitrogens with zero attached hydrogens (tertiary/aromatic N) is 2. The van der Waals surface area contributed by atoms with Gasteiger partial charge in [-0.15, -0.1) is 0 Å². The molecule has 0 aliphatic carbocycles. The van der Waals surface area contributed by atoms with Gasteiger partial charge in [-0.3, -0.25) is 0 Å². The molecule has 2 aromatic rings. The van der Waals surface area contributed by atoms with Crippen LogP contribution in [0.15, 0.2) is 36.7 Å². The van der Waals surface area contributed by atoms with Crippen molar-refractivity contribution in [3.63, 3.8) is 0 Å². The Hall–Kier alpha value is -0.817. The minimum atomic E-state index is -1.88. The van der Waals surface area contributed by atoms with Crippen LogP contribution in [0.5, 0.6) is 0 Å². The van der Waals surface area contributed by atoms with Crippen molar-refractivity contribution in [3.05, 3.63) is 36.7 Å².